The highest BCUT2D eigenvalue weighted by Gasteiger charge is 2.19. The summed E-state index contributed by atoms with van der Waals surface area (Å²) in [5, 5.41) is 12.7. The predicted molar refractivity (Wildman–Crippen MR) is 62.5 cm³/mol. The highest BCUT2D eigenvalue weighted by molar-refractivity contribution is 6.31. The minimum Gasteiger partial charge on any atom is -0.478 e. The monoisotopic (exact) mass is 237 g/mol. The zero-order chi connectivity index (χ0) is 11.5. The Balaban J connectivity index is 2.16. The number of benzene rings is 1. The van der Waals surface area contributed by atoms with Crippen LogP contribution in [0.4, 0.5) is 0 Å². The third kappa shape index (κ3) is 2.26. The van der Waals surface area contributed by atoms with Crippen molar-refractivity contribution in [3.8, 4) is 0 Å². The molecule has 1 unspecified atom stereocenters. The van der Waals surface area contributed by atoms with E-state index in [4.69, 9.17) is 16.7 Å². The first-order chi connectivity index (χ1) is 7.68. The van der Waals surface area contributed by atoms with Crippen molar-refractivity contribution < 1.29 is 9.90 Å². The fourth-order valence-corrected chi connectivity index (χ4v) is 2.07. The highest BCUT2D eigenvalue weighted by atomic mass is 35.5. The highest BCUT2D eigenvalue weighted by Crippen LogP contribution is 2.27. The Morgan fingerprint density at radius 2 is 2.19 bits per heavy atom. The van der Waals surface area contributed by atoms with E-state index in [1.807, 2.05) is 24.3 Å². The molecule has 0 saturated heterocycles. The van der Waals surface area contributed by atoms with Crippen LogP contribution in [0.25, 0.3) is 0 Å². The summed E-state index contributed by atoms with van der Waals surface area (Å²) in [6.07, 6.45) is 2.41. The number of carboxylic acid groups (broad SMARTS) is 1. The lowest BCUT2D eigenvalue weighted by molar-refractivity contribution is -0.132. The van der Waals surface area contributed by atoms with Crippen LogP contribution in [-0.2, 0) is 4.79 Å². The topological polar surface area (TPSA) is 49.3 Å². The van der Waals surface area contributed by atoms with Gasteiger partial charge in [-0.25, -0.2) is 4.79 Å². The molecule has 1 aromatic carbocycles. The molecule has 0 spiro atoms. The molecule has 0 radical (unpaired) electrons. The average molecular weight is 238 g/mol. The van der Waals surface area contributed by atoms with Crippen LogP contribution in [0.3, 0.4) is 0 Å². The zero-order valence-electron chi connectivity index (χ0n) is 8.61. The second-order valence-electron chi connectivity index (χ2n) is 3.73. The normalized spacial score (nSPS) is 20.3. The number of rotatable bonds is 2. The molecule has 1 heterocycles. The van der Waals surface area contributed by atoms with Gasteiger partial charge in [0.15, 0.2) is 0 Å². The third-order valence-corrected chi connectivity index (χ3v) is 3.04. The van der Waals surface area contributed by atoms with Gasteiger partial charge >= 0.3 is 5.97 Å². The van der Waals surface area contributed by atoms with E-state index in [2.05, 4.69) is 5.32 Å². The first kappa shape index (κ1) is 11.2. The van der Waals surface area contributed by atoms with Crippen molar-refractivity contribution in [3.05, 3.63) is 46.5 Å². The van der Waals surface area contributed by atoms with Crippen LogP contribution in [0.15, 0.2) is 35.9 Å². The average Bonchev–Trinajstić information content (AvgIpc) is 2.30. The quantitative estimate of drug-likeness (QED) is 0.830. The van der Waals surface area contributed by atoms with Gasteiger partial charge in [-0.3, -0.25) is 0 Å². The lowest BCUT2D eigenvalue weighted by Gasteiger charge is -2.23. The van der Waals surface area contributed by atoms with Crippen LogP contribution in [-0.4, -0.2) is 17.6 Å². The standard InChI is InChI=1S/C12H12ClNO2/c13-10-4-2-1-3-9(10)11-6-5-8(7-14-11)12(15)16/h1-5,11,14H,6-7H2,(H,15,16). The first-order valence-corrected chi connectivity index (χ1v) is 5.46. The van der Waals surface area contributed by atoms with Gasteiger partial charge < -0.3 is 10.4 Å². The first-order valence-electron chi connectivity index (χ1n) is 5.08. The number of halogens is 1. The molecule has 16 heavy (non-hydrogen) atoms. The van der Waals surface area contributed by atoms with Crippen molar-refractivity contribution in [2.24, 2.45) is 0 Å². The summed E-state index contributed by atoms with van der Waals surface area (Å²) in [6.45, 7) is 0.380. The van der Waals surface area contributed by atoms with Gasteiger partial charge in [-0.2, -0.15) is 0 Å². The second-order valence-corrected chi connectivity index (χ2v) is 4.13. The summed E-state index contributed by atoms with van der Waals surface area (Å²) in [6, 6.07) is 7.72. The van der Waals surface area contributed by atoms with Crippen LogP contribution in [0.1, 0.15) is 18.0 Å². The molecule has 3 nitrogen and oxygen atoms in total. The van der Waals surface area contributed by atoms with Crippen LogP contribution >= 0.6 is 11.6 Å². The summed E-state index contributed by atoms with van der Waals surface area (Å²) in [5.41, 5.74) is 1.44. The van der Waals surface area contributed by atoms with Crippen molar-refractivity contribution in [1.29, 1.82) is 0 Å². The molecular formula is C12H12ClNO2. The molecule has 1 aromatic rings. The van der Waals surface area contributed by atoms with Crippen LogP contribution in [0.5, 0.6) is 0 Å². The summed E-state index contributed by atoms with van der Waals surface area (Å²) in [5.74, 6) is -0.856. The molecule has 0 aliphatic carbocycles. The van der Waals surface area contributed by atoms with Crippen molar-refractivity contribution in [2.75, 3.05) is 6.54 Å². The second kappa shape index (κ2) is 4.68. The number of carbonyl (C=O) groups is 1. The van der Waals surface area contributed by atoms with Gasteiger partial charge in [-0.1, -0.05) is 35.9 Å². The fourth-order valence-electron chi connectivity index (χ4n) is 1.81. The lowest BCUT2D eigenvalue weighted by atomic mass is 9.98. The van der Waals surface area contributed by atoms with E-state index in [1.54, 1.807) is 6.08 Å². The summed E-state index contributed by atoms with van der Waals surface area (Å²) in [7, 11) is 0. The minimum absolute atomic E-state index is 0.108. The van der Waals surface area contributed by atoms with E-state index >= 15 is 0 Å². The van der Waals surface area contributed by atoms with Gasteiger partial charge in [0.05, 0.1) is 0 Å². The molecule has 1 aliphatic heterocycles. The van der Waals surface area contributed by atoms with Crippen molar-refractivity contribution >= 4 is 17.6 Å². The Morgan fingerprint density at radius 3 is 2.75 bits per heavy atom. The Labute approximate surface area is 98.7 Å². The molecule has 0 bridgehead atoms. The number of aliphatic carboxylic acids is 1. The van der Waals surface area contributed by atoms with Gasteiger partial charge in [0, 0.05) is 23.2 Å². The number of nitrogens with one attached hydrogen (secondary N) is 1. The lowest BCUT2D eigenvalue weighted by Crippen LogP contribution is -2.29. The molecule has 4 heteroatoms. The zero-order valence-corrected chi connectivity index (χ0v) is 9.37. The molecular weight excluding hydrogens is 226 g/mol. The van der Waals surface area contributed by atoms with E-state index in [9.17, 15) is 4.79 Å². The van der Waals surface area contributed by atoms with Crippen LogP contribution in [0, 0.1) is 0 Å². The van der Waals surface area contributed by atoms with Crippen LogP contribution in [0.2, 0.25) is 5.02 Å². The molecule has 0 saturated carbocycles. The summed E-state index contributed by atoms with van der Waals surface area (Å²) < 4.78 is 0. The van der Waals surface area contributed by atoms with E-state index in [0.717, 1.165) is 5.56 Å². The van der Waals surface area contributed by atoms with Crippen molar-refractivity contribution in [1.82, 2.24) is 5.32 Å². The molecule has 1 atom stereocenters. The van der Waals surface area contributed by atoms with Gasteiger partial charge in [-0.15, -0.1) is 0 Å². The van der Waals surface area contributed by atoms with Crippen LogP contribution < -0.4 is 5.32 Å². The fraction of sp³-hybridized carbons (Fsp3) is 0.250. The smallest absolute Gasteiger partial charge is 0.332 e. The molecule has 84 valence electrons. The van der Waals surface area contributed by atoms with E-state index in [-0.39, 0.29) is 6.04 Å². The minimum atomic E-state index is -0.856. The maximum Gasteiger partial charge on any atom is 0.332 e. The number of carboxylic acids is 1. The summed E-state index contributed by atoms with van der Waals surface area (Å²) in [4.78, 5) is 10.7. The SMILES string of the molecule is O=C(O)C1=CCC(c2ccccc2Cl)NC1. The van der Waals surface area contributed by atoms with E-state index in [1.165, 1.54) is 0 Å². The Kier molecular flexibility index (Phi) is 3.27. The van der Waals surface area contributed by atoms with Gasteiger partial charge in [0.1, 0.15) is 0 Å². The molecule has 1 aliphatic rings. The molecule has 2 N–H and O–H groups in total. The summed E-state index contributed by atoms with van der Waals surface area (Å²) >= 11 is 6.08. The van der Waals surface area contributed by atoms with Crippen molar-refractivity contribution in [2.45, 2.75) is 12.5 Å². The predicted octanol–water partition coefficient (Wildman–Crippen LogP) is 2.39. The number of hydrogen-bond donors (Lipinski definition) is 2. The Bertz CT molecular complexity index is 442. The number of hydrogen-bond acceptors (Lipinski definition) is 2. The van der Waals surface area contributed by atoms with E-state index < -0.39 is 5.97 Å². The van der Waals surface area contributed by atoms with E-state index in [0.29, 0.717) is 23.6 Å². The third-order valence-electron chi connectivity index (χ3n) is 2.69. The molecule has 0 aromatic heterocycles. The van der Waals surface area contributed by atoms with Crippen molar-refractivity contribution in [3.63, 3.8) is 0 Å². The largest absolute Gasteiger partial charge is 0.478 e. The van der Waals surface area contributed by atoms with Gasteiger partial charge in [-0.05, 0) is 18.1 Å². The Hall–Kier alpha value is -1.32. The van der Waals surface area contributed by atoms with Gasteiger partial charge in [0.2, 0.25) is 0 Å². The molecule has 2 rings (SSSR count). The van der Waals surface area contributed by atoms with Gasteiger partial charge in [0.25, 0.3) is 0 Å². The maximum absolute atomic E-state index is 10.7. The maximum atomic E-state index is 10.7. The Morgan fingerprint density at radius 1 is 1.44 bits per heavy atom. The molecule has 0 fully saturated rings. The molecule has 0 amide bonds.